The number of hydrogen-bond donors (Lipinski definition) is 4. The molecule has 1 aromatic carbocycles. The molecule has 0 unspecified atom stereocenters. The number of aromatic amines is 1. The second-order valence-corrected chi connectivity index (χ2v) is 10.3. The van der Waals surface area contributed by atoms with E-state index in [1.807, 2.05) is 17.6 Å². The molecule has 0 saturated carbocycles. The van der Waals surface area contributed by atoms with Crippen molar-refractivity contribution >= 4 is 38.7 Å². The number of nitrogens with two attached hydrogens (primary N) is 1. The Morgan fingerprint density at radius 3 is 2.65 bits per heavy atom. The van der Waals surface area contributed by atoms with E-state index in [-0.39, 0.29) is 5.92 Å². The Bertz CT molecular complexity index is 980. The molecular weight excluding hydrogens is 368 g/mol. The van der Waals surface area contributed by atoms with Gasteiger partial charge >= 0.3 is 0 Å². The molecule has 3 aromatic rings. The Balaban J connectivity index is 1.85. The van der Waals surface area contributed by atoms with Gasteiger partial charge in [0.15, 0.2) is 0 Å². The maximum absolute atomic E-state index is 12.0. The van der Waals surface area contributed by atoms with Crippen molar-refractivity contribution in [2.45, 2.75) is 25.7 Å². The second-order valence-electron chi connectivity index (χ2n) is 6.97. The van der Waals surface area contributed by atoms with Gasteiger partial charge in [0, 0.05) is 28.0 Å². The summed E-state index contributed by atoms with van der Waals surface area (Å²) in [7, 11) is -2.41. The molecule has 7 heteroatoms. The third kappa shape index (κ3) is 3.05. The summed E-state index contributed by atoms with van der Waals surface area (Å²) in [6, 6.07) is 6.05. The first-order valence-corrected chi connectivity index (χ1v) is 11.3. The number of hydrogen-bond acceptors (Lipinski definition) is 4. The van der Waals surface area contributed by atoms with E-state index >= 15 is 0 Å². The van der Waals surface area contributed by atoms with Crippen molar-refractivity contribution in [1.29, 1.82) is 0 Å². The van der Waals surface area contributed by atoms with Crippen molar-refractivity contribution in [3.8, 4) is 10.4 Å². The van der Waals surface area contributed by atoms with Crippen LogP contribution in [0.25, 0.3) is 21.3 Å². The Morgan fingerprint density at radius 2 is 2.04 bits per heavy atom. The molecule has 0 bridgehead atoms. The number of amides is 1. The number of nitrogens with one attached hydrogen (secondary N) is 1. The highest BCUT2D eigenvalue weighted by Crippen LogP contribution is 2.49. The highest BCUT2D eigenvalue weighted by molar-refractivity contribution is 8.24. The Hall–Kier alpha value is -1.80. The van der Waals surface area contributed by atoms with Gasteiger partial charge in [-0.05, 0) is 66.0 Å². The van der Waals surface area contributed by atoms with Crippen molar-refractivity contribution in [2.24, 2.45) is 5.73 Å². The van der Waals surface area contributed by atoms with E-state index in [0.29, 0.717) is 17.1 Å². The van der Waals surface area contributed by atoms with Gasteiger partial charge in [0.2, 0.25) is 0 Å². The maximum Gasteiger partial charge on any atom is 0.250 e. The molecule has 0 spiro atoms. The number of carbonyl (C=O) groups is 1. The number of fused-ring (bicyclic) bond motifs is 1. The molecule has 1 aliphatic rings. The van der Waals surface area contributed by atoms with Gasteiger partial charge in [0.25, 0.3) is 5.91 Å². The zero-order valence-electron chi connectivity index (χ0n) is 14.5. The lowest BCUT2D eigenvalue weighted by atomic mass is 9.91. The Kier molecular flexibility index (Phi) is 4.35. The number of benzene rings is 1. The van der Waals surface area contributed by atoms with Crippen LogP contribution in [0, 0.1) is 6.92 Å². The van der Waals surface area contributed by atoms with Crippen LogP contribution >= 0.6 is 21.9 Å². The topological polar surface area (TPSA) is 99.3 Å². The molecule has 2 aromatic heterocycles. The SMILES string of the molecule is Cc1ccsc1-c1cc(C(N)=O)c2[nH]cc(C3CCS(O)(O)CC3)c2c1. The molecule has 26 heavy (non-hydrogen) atoms. The number of thiophene rings is 1. The number of aryl methyl sites for hydroxylation is 1. The van der Waals surface area contributed by atoms with Crippen LogP contribution in [0.1, 0.15) is 40.2 Å². The van der Waals surface area contributed by atoms with Crippen LogP contribution in [0.4, 0.5) is 0 Å². The minimum absolute atomic E-state index is 0.254. The summed E-state index contributed by atoms with van der Waals surface area (Å²) in [6.45, 7) is 2.06. The maximum atomic E-state index is 12.0. The lowest BCUT2D eigenvalue weighted by molar-refractivity contribution is 0.100. The number of primary amides is 1. The fourth-order valence-corrected chi connectivity index (χ4v) is 6.25. The molecule has 3 heterocycles. The molecule has 1 fully saturated rings. The lowest BCUT2D eigenvalue weighted by Crippen LogP contribution is -2.19. The third-order valence-electron chi connectivity index (χ3n) is 5.24. The quantitative estimate of drug-likeness (QED) is 0.510. The lowest BCUT2D eigenvalue weighted by Gasteiger charge is -2.39. The average Bonchev–Trinajstić information content (AvgIpc) is 3.20. The zero-order chi connectivity index (χ0) is 18.5. The van der Waals surface area contributed by atoms with Gasteiger partial charge in [-0.2, -0.15) is 10.6 Å². The molecule has 5 nitrogen and oxygen atoms in total. The van der Waals surface area contributed by atoms with Gasteiger partial charge in [-0.15, -0.1) is 11.3 Å². The normalized spacial score (nSPS) is 18.9. The van der Waals surface area contributed by atoms with E-state index in [9.17, 15) is 13.9 Å². The number of H-pyrrole nitrogens is 1. The van der Waals surface area contributed by atoms with E-state index in [0.717, 1.165) is 39.7 Å². The van der Waals surface area contributed by atoms with Crippen LogP contribution in [0.5, 0.6) is 0 Å². The molecule has 0 atom stereocenters. The van der Waals surface area contributed by atoms with Crippen molar-refractivity contribution < 1.29 is 13.9 Å². The summed E-state index contributed by atoms with van der Waals surface area (Å²) in [5.74, 6) is 0.689. The average molecular weight is 391 g/mol. The third-order valence-corrected chi connectivity index (χ3v) is 8.08. The fourth-order valence-electron chi connectivity index (χ4n) is 3.80. The monoisotopic (exact) mass is 390 g/mol. The first kappa shape index (κ1) is 17.6. The zero-order valence-corrected chi connectivity index (χ0v) is 16.1. The molecule has 4 rings (SSSR count). The standard InChI is InChI=1S/C19H22N2O3S2/c1-11-2-5-25-18(11)13-8-14-16(12-3-6-26(23,24)7-4-12)10-21-17(14)15(9-13)19(20)22/h2,5,8-10,12,21,23-24H,3-4,6-7H2,1H3,(H2,20,22). The van der Waals surface area contributed by atoms with Crippen molar-refractivity contribution in [2.75, 3.05) is 11.5 Å². The molecule has 1 saturated heterocycles. The largest absolute Gasteiger partial charge is 0.366 e. The molecule has 1 amide bonds. The molecule has 5 N–H and O–H groups in total. The van der Waals surface area contributed by atoms with Gasteiger partial charge in [-0.3, -0.25) is 13.9 Å². The highest BCUT2D eigenvalue weighted by atomic mass is 32.3. The molecule has 0 aliphatic carbocycles. The molecule has 1 aliphatic heterocycles. The van der Waals surface area contributed by atoms with Crippen molar-refractivity contribution in [1.82, 2.24) is 4.98 Å². The van der Waals surface area contributed by atoms with E-state index < -0.39 is 16.5 Å². The Labute approximate surface area is 157 Å². The summed E-state index contributed by atoms with van der Waals surface area (Å²) in [4.78, 5) is 16.4. The fraction of sp³-hybridized carbons (Fsp3) is 0.316. The molecule has 138 valence electrons. The smallest absolute Gasteiger partial charge is 0.250 e. The van der Waals surface area contributed by atoms with E-state index in [1.54, 1.807) is 11.3 Å². The minimum atomic E-state index is -2.41. The van der Waals surface area contributed by atoms with Gasteiger partial charge < -0.3 is 10.7 Å². The summed E-state index contributed by atoms with van der Waals surface area (Å²) in [5, 5.41) is 3.05. The minimum Gasteiger partial charge on any atom is -0.366 e. The summed E-state index contributed by atoms with van der Waals surface area (Å²) in [6.07, 6.45) is 3.43. The number of rotatable bonds is 3. The first-order valence-electron chi connectivity index (χ1n) is 8.58. The van der Waals surface area contributed by atoms with Gasteiger partial charge in [-0.1, -0.05) is 0 Å². The van der Waals surface area contributed by atoms with Crippen LogP contribution in [-0.4, -0.2) is 31.5 Å². The van der Waals surface area contributed by atoms with Crippen LogP contribution in [0.3, 0.4) is 0 Å². The number of carbonyl (C=O) groups excluding carboxylic acids is 1. The Morgan fingerprint density at radius 1 is 1.31 bits per heavy atom. The molecule has 0 radical (unpaired) electrons. The number of aromatic nitrogens is 1. The van der Waals surface area contributed by atoms with Crippen molar-refractivity contribution in [3.05, 3.63) is 46.5 Å². The summed E-state index contributed by atoms with van der Waals surface area (Å²) in [5.41, 5.74) is 10.2. The van der Waals surface area contributed by atoms with Crippen molar-refractivity contribution in [3.63, 3.8) is 0 Å². The van der Waals surface area contributed by atoms with E-state index in [1.165, 1.54) is 5.56 Å². The predicted molar refractivity (Wildman–Crippen MR) is 109 cm³/mol. The molecular formula is C19H22N2O3S2. The van der Waals surface area contributed by atoms with Gasteiger partial charge in [-0.25, -0.2) is 0 Å². The summed E-state index contributed by atoms with van der Waals surface area (Å²) < 4.78 is 19.8. The van der Waals surface area contributed by atoms with Crippen LogP contribution in [0.2, 0.25) is 0 Å². The van der Waals surface area contributed by atoms with Crippen LogP contribution < -0.4 is 5.73 Å². The van der Waals surface area contributed by atoms with E-state index in [2.05, 4.69) is 24.0 Å². The van der Waals surface area contributed by atoms with Crippen LogP contribution in [0.15, 0.2) is 29.8 Å². The predicted octanol–water partition coefficient (Wildman–Crippen LogP) is 4.93. The van der Waals surface area contributed by atoms with E-state index in [4.69, 9.17) is 5.73 Å². The van der Waals surface area contributed by atoms with Gasteiger partial charge in [0.1, 0.15) is 0 Å². The second kappa shape index (κ2) is 6.42. The highest BCUT2D eigenvalue weighted by Gasteiger charge is 2.27. The van der Waals surface area contributed by atoms with Gasteiger partial charge in [0.05, 0.1) is 11.1 Å². The van der Waals surface area contributed by atoms with Crippen LogP contribution in [-0.2, 0) is 0 Å². The summed E-state index contributed by atoms with van der Waals surface area (Å²) >= 11 is 1.65. The first-order chi connectivity index (χ1) is 12.4.